The van der Waals surface area contributed by atoms with E-state index in [1.807, 2.05) is 19.1 Å². The molecule has 1 N–H and O–H groups in total. The monoisotopic (exact) mass is 351 g/mol. The third kappa shape index (κ3) is 3.82. The summed E-state index contributed by atoms with van der Waals surface area (Å²) in [5.41, 5.74) is 2.21. The molecule has 0 unspecified atom stereocenters. The summed E-state index contributed by atoms with van der Waals surface area (Å²) < 4.78 is 19.4. The Morgan fingerprint density at radius 3 is 2.57 bits per heavy atom. The summed E-state index contributed by atoms with van der Waals surface area (Å²) in [4.78, 5) is 0. The van der Waals surface area contributed by atoms with E-state index in [0.717, 1.165) is 11.1 Å². The van der Waals surface area contributed by atoms with Crippen molar-refractivity contribution < 1.29 is 14.3 Å². The lowest BCUT2D eigenvalue weighted by Crippen LogP contribution is -2.00. The minimum atomic E-state index is -0.307. The van der Waals surface area contributed by atoms with Crippen LogP contribution in [-0.2, 0) is 6.61 Å². The smallest absolute Gasteiger partial charge is 0.137 e. The molecule has 0 amide bonds. The Morgan fingerprint density at radius 2 is 1.95 bits per heavy atom. The molecule has 0 atom stereocenters. The predicted molar refractivity (Wildman–Crippen MR) is 83.5 cm³/mol. The fourth-order valence-corrected chi connectivity index (χ4v) is 2.28. The van der Waals surface area contributed by atoms with Crippen LogP contribution in [0.4, 0.5) is 4.39 Å². The van der Waals surface area contributed by atoms with E-state index in [1.165, 1.54) is 6.07 Å². The van der Waals surface area contributed by atoms with Gasteiger partial charge in [-0.1, -0.05) is 24.2 Å². The van der Waals surface area contributed by atoms with Crippen LogP contribution in [-0.4, -0.2) is 10.9 Å². The molecule has 0 saturated carbocycles. The largest absolute Gasteiger partial charge is 0.489 e. The lowest BCUT2D eigenvalue weighted by Gasteiger charge is -2.09. The second kappa shape index (κ2) is 7.22. The molecule has 0 bridgehead atoms. The number of ether oxygens (including phenoxy) is 1. The van der Waals surface area contributed by atoms with Crippen molar-refractivity contribution in [2.75, 3.05) is 0 Å². The summed E-state index contributed by atoms with van der Waals surface area (Å²) in [5.74, 6) is 0.362. The maximum absolute atomic E-state index is 13.4. The van der Waals surface area contributed by atoms with Crippen molar-refractivity contribution in [3.05, 3.63) is 63.9 Å². The first-order valence-electron chi connectivity index (χ1n) is 6.52. The first-order chi connectivity index (χ1) is 10.2. The Balaban J connectivity index is 2.06. The van der Waals surface area contributed by atoms with E-state index in [9.17, 15) is 4.39 Å². The van der Waals surface area contributed by atoms with Crippen molar-refractivity contribution in [3.63, 3.8) is 0 Å². The maximum Gasteiger partial charge on any atom is 0.137 e. The number of rotatable bonds is 5. The van der Waals surface area contributed by atoms with Crippen LogP contribution in [0.1, 0.15) is 24.5 Å². The summed E-state index contributed by atoms with van der Waals surface area (Å²) >= 11 is 3.20. The molecule has 0 aliphatic heterocycles. The van der Waals surface area contributed by atoms with Crippen molar-refractivity contribution in [2.45, 2.75) is 20.0 Å². The number of hydrogen-bond donors (Lipinski definition) is 1. The Hall–Kier alpha value is -1.88. The van der Waals surface area contributed by atoms with Gasteiger partial charge in [0.05, 0.1) is 10.2 Å². The third-order valence-electron chi connectivity index (χ3n) is 3.07. The van der Waals surface area contributed by atoms with Crippen LogP contribution in [0.3, 0.4) is 0 Å². The van der Waals surface area contributed by atoms with Gasteiger partial charge in [0.2, 0.25) is 0 Å². The molecule has 0 radical (unpaired) electrons. The zero-order valence-electron chi connectivity index (χ0n) is 11.5. The molecular weight excluding hydrogens is 337 g/mol. The van der Waals surface area contributed by atoms with E-state index in [2.05, 4.69) is 21.1 Å². The van der Waals surface area contributed by atoms with Crippen molar-refractivity contribution in [1.82, 2.24) is 0 Å². The van der Waals surface area contributed by atoms with Crippen LogP contribution >= 0.6 is 15.9 Å². The molecule has 21 heavy (non-hydrogen) atoms. The molecule has 3 nitrogen and oxygen atoms in total. The second-order valence-electron chi connectivity index (χ2n) is 4.43. The fraction of sp³-hybridized carbons (Fsp3) is 0.188. The summed E-state index contributed by atoms with van der Waals surface area (Å²) in [6.07, 6.45) is 0.646. The molecular formula is C16H15BrFNO2. The molecule has 0 aliphatic carbocycles. The Kier molecular flexibility index (Phi) is 5.33. The molecule has 2 aromatic carbocycles. The van der Waals surface area contributed by atoms with E-state index in [4.69, 9.17) is 9.94 Å². The van der Waals surface area contributed by atoms with Crippen molar-refractivity contribution in [1.29, 1.82) is 0 Å². The van der Waals surface area contributed by atoms with Crippen LogP contribution in [0.2, 0.25) is 0 Å². The van der Waals surface area contributed by atoms with Gasteiger partial charge in [-0.3, -0.25) is 0 Å². The first-order valence-corrected chi connectivity index (χ1v) is 7.32. The van der Waals surface area contributed by atoms with Gasteiger partial charge in [-0.2, -0.15) is 0 Å². The van der Waals surface area contributed by atoms with E-state index in [1.54, 1.807) is 24.3 Å². The average Bonchev–Trinajstić information content (AvgIpc) is 2.51. The highest BCUT2D eigenvalue weighted by atomic mass is 79.9. The van der Waals surface area contributed by atoms with Crippen molar-refractivity contribution in [3.8, 4) is 5.75 Å². The third-order valence-corrected chi connectivity index (χ3v) is 3.96. The van der Waals surface area contributed by atoms with Crippen molar-refractivity contribution in [2.24, 2.45) is 5.16 Å². The highest BCUT2D eigenvalue weighted by Gasteiger charge is 2.06. The normalized spacial score (nSPS) is 11.5. The number of nitrogens with zero attached hydrogens (tertiary/aromatic N) is 1. The van der Waals surface area contributed by atoms with Crippen LogP contribution in [0.15, 0.2) is 52.1 Å². The van der Waals surface area contributed by atoms with Crippen LogP contribution in [0.5, 0.6) is 5.75 Å². The van der Waals surface area contributed by atoms with Gasteiger partial charge < -0.3 is 9.94 Å². The molecule has 0 spiro atoms. The van der Waals surface area contributed by atoms with E-state index in [0.29, 0.717) is 22.4 Å². The Labute approximate surface area is 131 Å². The van der Waals surface area contributed by atoms with Crippen LogP contribution < -0.4 is 4.74 Å². The topological polar surface area (TPSA) is 41.8 Å². The molecule has 2 aromatic rings. The summed E-state index contributed by atoms with van der Waals surface area (Å²) in [6, 6.07) is 12.1. The highest BCUT2D eigenvalue weighted by molar-refractivity contribution is 9.10. The number of benzene rings is 2. The standard InChI is InChI=1S/C16H15BrFNO2/c1-2-15(19-20)11-6-8-13(9-7-11)21-10-12-4-3-5-14(18)16(12)17/h3-9,20H,2,10H2,1H3/b19-15-. The second-order valence-corrected chi connectivity index (χ2v) is 5.22. The van der Waals surface area contributed by atoms with Gasteiger partial charge in [-0.15, -0.1) is 0 Å². The minimum absolute atomic E-state index is 0.270. The Bertz CT molecular complexity index is 641. The molecule has 110 valence electrons. The van der Waals surface area contributed by atoms with Gasteiger partial charge in [0.15, 0.2) is 0 Å². The Morgan fingerprint density at radius 1 is 1.24 bits per heavy atom. The predicted octanol–water partition coefficient (Wildman–Crippen LogP) is 4.76. The zero-order chi connectivity index (χ0) is 15.2. The summed E-state index contributed by atoms with van der Waals surface area (Å²) in [6.45, 7) is 2.19. The molecule has 0 aromatic heterocycles. The molecule has 0 heterocycles. The number of oxime groups is 1. The fourth-order valence-electron chi connectivity index (χ4n) is 1.90. The van der Waals surface area contributed by atoms with Gasteiger partial charge in [0.1, 0.15) is 18.2 Å². The van der Waals surface area contributed by atoms with Crippen LogP contribution in [0.25, 0.3) is 0 Å². The lowest BCUT2D eigenvalue weighted by molar-refractivity contribution is 0.304. The van der Waals surface area contributed by atoms with Gasteiger partial charge >= 0.3 is 0 Å². The summed E-state index contributed by atoms with van der Waals surface area (Å²) in [5, 5.41) is 12.1. The van der Waals surface area contributed by atoms with E-state index >= 15 is 0 Å². The zero-order valence-corrected chi connectivity index (χ0v) is 13.1. The number of halogens is 2. The molecule has 0 aliphatic rings. The average molecular weight is 352 g/mol. The lowest BCUT2D eigenvalue weighted by atomic mass is 10.1. The maximum atomic E-state index is 13.4. The van der Waals surface area contributed by atoms with Gasteiger partial charge in [0.25, 0.3) is 0 Å². The quantitative estimate of drug-likeness (QED) is 0.479. The van der Waals surface area contributed by atoms with E-state index < -0.39 is 0 Å². The van der Waals surface area contributed by atoms with Crippen LogP contribution in [0, 0.1) is 5.82 Å². The van der Waals surface area contributed by atoms with Gasteiger partial charge in [-0.05, 0) is 58.2 Å². The van der Waals surface area contributed by atoms with Crippen molar-refractivity contribution >= 4 is 21.6 Å². The number of hydrogen-bond acceptors (Lipinski definition) is 3. The highest BCUT2D eigenvalue weighted by Crippen LogP contribution is 2.22. The molecule has 0 saturated heterocycles. The molecule has 0 fully saturated rings. The summed E-state index contributed by atoms with van der Waals surface area (Å²) in [7, 11) is 0. The first kappa shape index (κ1) is 15.5. The molecule has 2 rings (SSSR count). The molecule has 5 heteroatoms. The van der Waals surface area contributed by atoms with E-state index in [-0.39, 0.29) is 12.4 Å². The van der Waals surface area contributed by atoms with Gasteiger partial charge in [0, 0.05) is 5.56 Å². The SMILES string of the molecule is CC/C(=N/O)c1ccc(OCc2cccc(F)c2Br)cc1. The minimum Gasteiger partial charge on any atom is -0.489 e. The van der Waals surface area contributed by atoms with Gasteiger partial charge in [-0.25, -0.2) is 4.39 Å².